The molecule has 62 valence electrons. The van der Waals surface area contributed by atoms with Crippen molar-refractivity contribution >= 4 is 10.2 Å². The molecule has 11 heavy (non-hydrogen) atoms. The SMILES string of the molecule is Cc1occc1CS(=O)(=O)F. The number of furan rings is 1. The molecule has 0 saturated carbocycles. The van der Waals surface area contributed by atoms with Gasteiger partial charge < -0.3 is 4.42 Å². The van der Waals surface area contributed by atoms with E-state index in [0.717, 1.165) is 0 Å². The van der Waals surface area contributed by atoms with E-state index in [1.54, 1.807) is 6.92 Å². The number of halogens is 1. The van der Waals surface area contributed by atoms with E-state index in [2.05, 4.69) is 0 Å². The molecular weight excluding hydrogens is 171 g/mol. The molecule has 5 heteroatoms. The molecule has 0 saturated heterocycles. The van der Waals surface area contributed by atoms with Crippen LogP contribution in [0, 0.1) is 6.92 Å². The van der Waals surface area contributed by atoms with Crippen LogP contribution in [0.5, 0.6) is 0 Å². The van der Waals surface area contributed by atoms with Gasteiger partial charge in [0.15, 0.2) is 0 Å². The van der Waals surface area contributed by atoms with E-state index in [0.29, 0.717) is 11.3 Å². The summed E-state index contributed by atoms with van der Waals surface area (Å²) in [5.74, 6) is -0.166. The monoisotopic (exact) mass is 178 g/mol. The summed E-state index contributed by atoms with van der Waals surface area (Å²) in [5.41, 5.74) is 0.368. The van der Waals surface area contributed by atoms with Crippen LogP contribution in [0.1, 0.15) is 11.3 Å². The Bertz CT molecular complexity index is 338. The van der Waals surface area contributed by atoms with Crippen LogP contribution in [0.3, 0.4) is 0 Å². The number of aryl methyl sites for hydroxylation is 1. The van der Waals surface area contributed by atoms with Crippen molar-refractivity contribution in [3.63, 3.8) is 0 Å². The first-order chi connectivity index (χ1) is 4.99. The Balaban J connectivity index is 2.89. The molecule has 1 aromatic heterocycles. The van der Waals surface area contributed by atoms with Crippen molar-refractivity contribution in [2.24, 2.45) is 0 Å². The Labute approximate surface area is 64.0 Å². The molecule has 0 bridgehead atoms. The molecule has 0 aliphatic rings. The lowest BCUT2D eigenvalue weighted by Gasteiger charge is -1.91. The fourth-order valence-corrected chi connectivity index (χ4v) is 1.42. The Kier molecular flexibility index (Phi) is 1.99. The number of hydrogen-bond acceptors (Lipinski definition) is 3. The third kappa shape index (κ3) is 2.34. The van der Waals surface area contributed by atoms with Gasteiger partial charge in [-0.25, -0.2) is 0 Å². The van der Waals surface area contributed by atoms with Crippen LogP contribution in [0.4, 0.5) is 3.89 Å². The maximum absolute atomic E-state index is 12.1. The van der Waals surface area contributed by atoms with Crippen LogP contribution in [-0.2, 0) is 16.0 Å². The van der Waals surface area contributed by atoms with Gasteiger partial charge in [-0.1, -0.05) is 0 Å². The van der Waals surface area contributed by atoms with Crippen LogP contribution < -0.4 is 0 Å². The molecule has 0 aliphatic heterocycles. The zero-order chi connectivity index (χ0) is 8.48. The zero-order valence-electron chi connectivity index (χ0n) is 5.87. The molecule has 0 atom stereocenters. The molecule has 1 heterocycles. The van der Waals surface area contributed by atoms with E-state index in [1.165, 1.54) is 12.3 Å². The quantitative estimate of drug-likeness (QED) is 0.643. The summed E-state index contributed by atoms with van der Waals surface area (Å²) in [6, 6.07) is 1.44. The van der Waals surface area contributed by atoms with Gasteiger partial charge in [0.1, 0.15) is 11.5 Å². The predicted octanol–water partition coefficient (Wildman–Crippen LogP) is 1.39. The minimum atomic E-state index is -4.43. The summed E-state index contributed by atoms with van der Waals surface area (Å²) < 4.78 is 37.1. The summed E-state index contributed by atoms with van der Waals surface area (Å²) >= 11 is 0. The van der Waals surface area contributed by atoms with Crippen molar-refractivity contribution in [2.75, 3.05) is 0 Å². The maximum atomic E-state index is 12.1. The molecular formula is C6H7FO3S. The van der Waals surface area contributed by atoms with E-state index < -0.39 is 16.0 Å². The van der Waals surface area contributed by atoms with E-state index in [4.69, 9.17) is 4.42 Å². The molecule has 0 aromatic carbocycles. The van der Waals surface area contributed by atoms with Crippen LogP contribution in [0.15, 0.2) is 16.7 Å². The maximum Gasteiger partial charge on any atom is 0.306 e. The van der Waals surface area contributed by atoms with E-state index in [1.807, 2.05) is 0 Å². The molecule has 1 rings (SSSR count). The fraction of sp³-hybridized carbons (Fsp3) is 0.333. The Morgan fingerprint density at radius 1 is 1.64 bits per heavy atom. The standard InChI is InChI=1S/C6H7FO3S/c1-5-6(2-3-10-5)4-11(7,8)9/h2-3H,4H2,1H3. The first-order valence-corrected chi connectivity index (χ1v) is 4.49. The zero-order valence-corrected chi connectivity index (χ0v) is 6.69. The second kappa shape index (κ2) is 2.65. The van der Waals surface area contributed by atoms with Crippen LogP contribution in [0.2, 0.25) is 0 Å². The summed E-state index contributed by atoms with van der Waals surface area (Å²) in [6.07, 6.45) is 1.33. The summed E-state index contributed by atoms with van der Waals surface area (Å²) in [5, 5.41) is 0. The summed E-state index contributed by atoms with van der Waals surface area (Å²) in [4.78, 5) is 0. The predicted molar refractivity (Wildman–Crippen MR) is 37.2 cm³/mol. The number of hydrogen-bond donors (Lipinski definition) is 0. The molecule has 1 aromatic rings. The van der Waals surface area contributed by atoms with Crippen molar-refractivity contribution in [1.29, 1.82) is 0 Å². The topological polar surface area (TPSA) is 47.3 Å². The average Bonchev–Trinajstić information content (AvgIpc) is 2.12. The number of rotatable bonds is 2. The third-order valence-electron chi connectivity index (χ3n) is 1.29. The van der Waals surface area contributed by atoms with Gasteiger partial charge >= 0.3 is 10.2 Å². The Hall–Kier alpha value is -0.840. The summed E-state index contributed by atoms with van der Waals surface area (Å²) in [6.45, 7) is 1.58. The molecule has 0 fully saturated rings. The van der Waals surface area contributed by atoms with Gasteiger partial charge in [-0.3, -0.25) is 0 Å². The van der Waals surface area contributed by atoms with Crippen molar-refractivity contribution < 1.29 is 16.7 Å². The van der Waals surface area contributed by atoms with Crippen LogP contribution in [0.25, 0.3) is 0 Å². The molecule has 0 unspecified atom stereocenters. The Morgan fingerprint density at radius 3 is 2.64 bits per heavy atom. The highest BCUT2D eigenvalue weighted by molar-refractivity contribution is 7.85. The molecule has 3 nitrogen and oxygen atoms in total. The molecule has 0 radical (unpaired) electrons. The van der Waals surface area contributed by atoms with E-state index in [-0.39, 0.29) is 0 Å². The van der Waals surface area contributed by atoms with E-state index >= 15 is 0 Å². The second-order valence-electron chi connectivity index (χ2n) is 2.19. The molecule has 0 aliphatic carbocycles. The van der Waals surface area contributed by atoms with Crippen LogP contribution in [-0.4, -0.2) is 8.42 Å². The van der Waals surface area contributed by atoms with Gasteiger partial charge in [-0.15, -0.1) is 3.89 Å². The lowest BCUT2D eigenvalue weighted by atomic mass is 10.3. The smallest absolute Gasteiger partial charge is 0.306 e. The van der Waals surface area contributed by atoms with E-state index in [9.17, 15) is 12.3 Å². The highest BCUT2D eigenvalue weighted by Crippen LogP contribution is 2.13. The molecule has 0 N–H and O–H groups in total. The van der Waals surface area contributed by atoms with Gasteiger partial charge in [0.2, 0.25) is 0 Å². The lowest BCUT2D eigenvalue weighted by molar-refractivity contribution is 0.527. The van der Waals surface area contributed by atoms with Crippen molar-refractivity contribution in [2.45, 2.75) is 12.7 Å². The minimum Gasteiger partial charge on any atom is -0.469 e. The van der Waals surface area contributed by atoms with Crippen molar-refractivity contribution in [3.05, 3.63) is 23.7 Å². The van der Waals surface area contributed by atoms with Gasteiger partial charge in [-0.2, -0.15) is 8.42 Å². The van der Waals surface area contributed by atoms with Crippen molar-refractivity contribution in [1.82, 2.24) is 0 Å². The first kappa shape index (κ1) is 8.26. The third-order valence-corrected chi connectivity index (χ3v) is 1.95. The lowest BCUT2D eigenvalue weighted by Crippen LogP contribution is -1.95. The van der Waals surface area contributed by atoms with Gasteiger partial charge in [-0.05, 0) is 13.0 Å². The fourth-order valence-electron chi connectivity index (χ4n) is 0.747. The summed E-state index contributed by atoms with van der Waals surface area (Å²) in [7, 11) is -4.43. The highest BCUT2D eigenvalue weighted by atomic mass is 32.3. The van der Waals surface area contributed by atoms with Gasteiger partial charge in [0.05, 0.1) is 6.26 Å². The molecule has 0 amide bonds. The van der Waals surface area contributed by atoms with Crippen LogP contribution >= 0.6 is 0 Å². The molecule has 0 spiro atoms. The second-order valence-corrected chi connectivity index (χ2v) is 3.55. The van der Waals surface area contributed by atoms with Gasteiger partial charge in [0.25, 0.3) is 0 Å². The first-order valence-electron chi connectivity index (χ1n) is 2.94. The highest BCUT2D eigenvalue weighted by Gasteiger charge is 2.11. The normalized spacial score (nSPS) is 11.8. The Morgan fingerprint density at radius 2 is 2.27 bits per heavy atom. The average molecular weight is 178 g/mol. The largest absolute Gasteiger partial charge is 0.469 e. The van der Waals surface area contributed by atoms with Gasteiger partial charge in [0, 0.05) is 5.56 Å². The minimum absolute atomic E-state index is 0.368. The van der Waals surface area contributed by atoms with Crippen molar-refractivity contribution in [3.8, 4) is 0 Å².